The summed E-state index contributed by atoms with van der Waals surface area (Å²) < 4.78 is 93.5. The molecule has 3 fully saturated rings. The highest BCUT2D eigenvalue weighted by molar-refractivity contribution is 8.44. The largest absolute Gasteiger partial charge is 0.386 e. The van der Waals surface area contributed by atoms with Crippen LogP contribution >= 0.6 is 38.1 Å². The number of aromatic amines is 1. The molecule has 3 N–H and O–H groups in total. The Morgan fingerprint density at radius 2 is 1.69 bits per heavy atom. The number of H-pyrrole nitrogens is 1. The molecule has 7 rings (SSSR count). The molecule has 0 spiro atoms. The molecule has 10 atom stereocenters. The van der Waals surface area contributed by atoms with Crippen LogP contribution in [0.1, 0.15) is 29.4 Å². The number of anilines is 1. The zero-order chi connectivity index (χ0) is 31.8. The maximum Gasteiger partial charge on any atom is 0.386 e. The van der Waals surface area contributed by atoms with Gasteiger partial charge in [0, 0.05) is 12.6 Å². The second-order valence-corrected chi connectivity index (χ2v) is 15.9. The number of rotatable bonds is 2. The number of nitrogen functional groups attached to an aromatic ring is 1. The first-order chi connectivity index (χ1) is 21.3. The summed E-state index contributed by atoms with van der Waals surface area (Å²) in [4.78, 5) is 38.8. The highest BCUT2D eigenvalue weighted by Crippen LogP contribution is 2.60. The number of halogens is 2. The molecular weight excluding hydrogens is 690 g/mol. The van der Waals surface area contributed by atoms with Gasteiger partial charge in [0.25, 0.3) is 5.56 Å². The molecule has 3 aromatic heterocycles. The molecule has 0 amide bonds. The predicted octanol–water partition coefficient (Wildman–Crippen LogP) is 1.65. The molecule has 2 bridgehead atoms. The number of fused-ring (bicyclic) bond motifs is 5. The van der Waals surface area contributed by atoms with E-state index in [1.165, 1.54) is 6.21 Å². The summed E-state index contributed by atoms with van der Waals surface area (Å²) in [6.45, 7) is -10.6. The van der Waals surface area contributed by atoms with Gasteiger partial charge in [-0.05, 0) is 0 Å². The fourth-order valence-electron chi connectivity index (χ4n) is 5.23. The molecule has 4 aliphatic heterocycles. The average Bonchev–Trinajstić information content (AvgIpc) is 3.72. The average molecular weight is 712 g/mol. The molecule has 45 heavy (non-hydrogen) atoms. The molecule has 0 aromatic carbocycles. The van der Waals surface area contributed by atoms with Gasteiger partial charge in [-0.15, -0.1) is 5.10 Å². The Kier molecular flexibility index (Phi) is 7.78. The number of ether oxygens (including phenoxy) is 2. The summed E-state index contributed by atoms with van der Waals surface area (Å²) in [7, 11) is 0. The number of imidazole rings is 1. The summed E-state index contributed by atoms with van der Waals surface area (Å²) in [6, 6.07) is 0. The number of nitrogens with one attached hydrogen (secondary N) is 1. The molecule has 25 heteroatoms. The SMILES string of the molecule is Nc1nc2c(nnn2[C@@H]2O[C@@H]3COP(=O)(S)O[C@H]4[C@H](F)[C@H](n5cnc6c5N=CCC6=O)O[C@@H]4COP(=O)(S)O[C@@H]2[C@H]3F)c(=O)[nH]1. The second-order valence-electron chi connectivity index (χ2n) is 10.1. The van der Waals surface area contributed by atoms with Crippen molar-refractivity contribution in [1.29, 1.82) is 0 Å². The van der Waals surface area contributed by atoms with Crippen molar-refractivity contribution in [3.8, 4) is 0 Å². The lowest BCUT2D eigenvalue weighted by Gasteiger charge is -2.25. The van der Waals surface area contributed by atoms with E-state index in [1.54, 1.807) is 0 Å². The van der Waals surface area contributed by atoms with Gasteiger partial charge in [-0.25, -0.2) is 27.9 Å². The Morgan fingerprint density at radius 1 is 1.00 bits per heavy atom. The number of carbonyl (C=O) groups is 1. The number of nitrogens with two attached hydrogens (primary N) is 1. The predicted molar refractivity (Wildman–Crippen MR) is 152 cm³/mol. The fourth-order valence-corrected chi connectivity index (χ4v) is 8.16. The maximum atomic E-state index is 15.9. The van der Waals surface area contributed by atoms with Crippen molar-refractivity contribution < 1.29 is 50.3 Å². The summed E-state index contributed by atoms with van der Waals surface area (Å²) in [6.07, 6.45) is -11.4. The number of thiol groups is 2. The van der Waals surface area contributed by atoms with Gasteiger partial charge in [-0.3, -0.25) is 37.2 Å². The first-order valence-corrected chi connectivity index (χ1v) is 18.3. The minimum atomic E-state index is -4.54. The lowest BCUT2D eigenvalue weighted by Crippen LogP contribution is -2.33. The van der Waals surface area contributed by atoms with Crippen LogP contribution in [0.3, 0.4) is 0 Å². The smallest absolute Gasteiger partial charge is 0.369 e. The van der Waals surface area contributed by atoms with Crippen molar-refractivity contribution in [3.05, 3.63) is 22.4 Å². The van der Waals surface area contributed by atoms with Gasteiger partial charge in [-0.2, -0.15) is 9.67 Å². The van der Waals surface area contributed by atoms with E-state index in [1.807, 2.05) is 0 Å². The van der Waals surface area contributed by atoms with Gasteiger partial charge in [0.15, 0.2) is 53.3 Å². The van der Waals surface area contributed by atoms with E-state index >= 15 is 8.78 Å². The fraction of sp³-hybridized carbons (Fsp3) is 0.550. The molecule has 3 saturated heterocycles. The van der Waals surface area contributed by atoms with Gasteiger partial charge in [0.1, 0.15) is 24.4 Å². The van der Waals surface area contributed by atoms with Crippen LogP contribution in [0.2, 0.25) is 0 Å². The van der Waals surface area contributed by atoms with E-state index in [0.717, 1.165) is 15.6 Å². The van der Waals surface area contributed by atoms with Crippen molar-refractivity contribution in [2.75, 3.05) is 18.9 Å². The van der Waals surface area contributed by atoms with Crippen LogP contribution in [0.4, 0.5) is 20.5 Å². The Balaban J connectivity index is 1.20. The highest BCUT2D eigenvalue weighted by Gasteiger charge is 2.55. The van der Waals surface area contributed by atoms with Crippen LogP contribution in [0.25, 0.3) is 11.2 Å². The number of nitrogens with zero attached hydrogens (tertiary/aromatic N) is 7. The summed E-state index contributed by atoms with van der Waals surface area (Å²) in [5.41, 5.74) is 4.38. The molecule has 2 unspecified atom stereocenters. The van der Waals surface area contributed by atoms with E-state index in [-0.39, 0.29) is 40.8 Å². The lowest BCUT2D eigenvalue weighted by molar-refractivity contribution is -0.0607. The van der Waals surface area contributed by atoms with Crippen LogP contribution in [0, 0.1) is 0 Å². The van der Waals surface area contributed by atoms with Crippen LogP contribution < -0.4 is 11.3 Å². The van der Waals surface area contributed by atoms with Gasteiger partial charge in [-0.1, -0.05) is 29.7 Å². The van der Waals surface area contributed by atoms with Crippen molar-refractivity contribution in [1.82, 2.24) is 34.5 Å². The number of aromatic nitrogens is 7. The second kappa shape index (κ2) is 11.3. The number of hydrogen-bond acceptors (Lipinski definition) is 16. The van der Waals surface area contributed by atoms with E-state index in [0.29, 0.717) is 0 Å². The molecule has 0 aliphatic carbocycles. The molecule has 242 valence electrons. The third-order valence-electron chi connectivity index (χ3n) is 7.24. The third-order valence-corrected chi connectivity index (χ3v) is 10.5. The van der Waals surface area contributed by atoms with E-state index in [9.17, 15) is 18.7 Å². The summed E-state index contributed by atoms with van der Waals surface area (Å²) >= 11 is 7.88. The van der Waals surface area contributed by atoms with Gasteiger partial charge < -0.3 is 15.2 Å². The molecule has 4 aliphatic rings. The number of hydrogen-bond donors (Lipinski definition) is 4. The van der Waals surface area contributed by atoms with E-state index in [4.69, 9.17) is 33.3 Å². The lowest BCUT2D eigenvalue weighted by atomic mass is 10.1. The van der Waals surface area contributed by atoms with Crippen molar-refractivity contribution >= 4 is 73.0 Å². The number of aliphatic imine (C=N–C) groups is 1. The first kappa shape index (κ1) is 31.0. The topological polar surface area (TPSA) is 239 Å². The van der Waals surface area contributed by atoms with Gasteiger partial charge >= 0.3 is 13.6 Å². The summed E-state index contributed by atoms with van der Waals surface area (Å²) in [5.74, 6) is -0.636. The minimum absolute atomic E-state index is 0.00229. The zero-order valence-electron chi connectivity index (χ0n) is 22.2. The molecule has 7 heterocycles. The molecular formula is C20H21F2N9O10P2S2. The number of carbonyl (C=O) groups excluding carboxylic acids is 1. The van der Waals surface area contributed by atoms with Crippen LogP contribution in [0.15, 0.2) is 16.1 Å². The maximum absolute atomic E-state index is 15.9. The van der Waals surface area contributed by atoms with Crippen LogP contribution in [-0.4, -0.2) is 96.5 Å². The number of alkyl halides is 2. The Labute approximate surface area is 259 Å². The minimum Gasteiger partial charge on any atom is -0.369 e. The zero-order valence-corrected chi connectivity index (χ0v) is 25.8. The molecule has 19 nitrogen and oxygen atoms in total. The number of Topliss-reactive ketones (excluding diaryl/α,β-unsaturated/α-hetero) is 1. The first-order valence-electron chi connectivity index (χ1n) is 13.0. The van der Waals surface area contributed by atoms with Gasteiger partial charge in [0.2, 0.25) is 5.95 Å². The Hall–Kier alpha value is -2.59. The molecule has 3 aromatic rings. The van der Waals surface area contributed by atoms with E-state index < -0.39 is 81.6 Å². The Morgan fingerprint density at radius 3 is 2.44 bits per heavy atom. The quantitative estimate of drug-likeness (QED) is 0.218. The molecule has 0 saturated carbocycles. The standard InChI is InChI=1S/C20H21F2N9O10P2S2/c21-9-7-3-36-42(34,44)40-13-8(39-18(10(13)22)30-5-25-11-6(32)1-2-24-15(11)30)4-37-43(35,45)41-14(9)19(38-7)31-16-12(28-29-31)17(33)27-20(23)26-16/h2,5,7-10,13-14,18-19H,1,3-4H2,(H,34,44)(H,35,45)(H3,23,26,27,33)/t7-,8-,9+,10+,13-,14-,18-,19-,42?,43?/m1/s1. The third kappa shape index (κ3) is 5.57. The highest BCUT2D eigenvalue weighted by atomic mass is 32.7. The van der Waals surface area contributed by atoms with Crippen LogP contribution in [-0.2, 0) is 36.7 Å². The van der Waals surface area contributed by atoms with Crippen molar-refractivity contribution in [3.63, 3.8) is 0 Å². The summed E-state index contributed by atoms with van der Waals surface area (Å²) in [5, 5.41) is 7.51. The van der Waals surface area contributed by atoms with Gasteiger partial charge in [0.05, 0.1) is 19.5 Å². The van der Waals surface area contributed by atoms with Crippen LogP contribution in [0.5, 0.6) is 0 Å². The molecule has 0 radical (unpaired) electrons. The Bertz CT molecular complexity index is 1880. The number of ketones is 1. The van der Waals surface area contributed by atoms with Crippen molar-refractivity contribution in [2.45, 2.75) is 55.6 Å². The van der Waals surface area contributed by atoms with Crippen molar-refractivity contribution in [2.24, 2.45) is 4.99 Å². The normalized spacial score (nSPS) is 38.8. The van der Waals surface area contributed by atoms with E-state index in [2.05, 4.69) is 54.8 Å². The monoisotopic (exact) mass is 711 g/mol.